The standard InChI is InChI=1S/C17H24N2O/c1-13-7-3-2-6-10-19(13)17(20)15-11-14-8-4-5-9-16(14)18-12-15/h4-5,8-9,13,15,18H,2-3,6-7,10-12H2,1H3. The first-order valence-electron chi connectivity index (χ1n) is 7.88. The first-order chi connectivity index (χ1) is 9.75. The first-order valence-corrected chi connectivity index (χ1v) is 7.88. The summed E-state index contributed by atoms with van der Waals surface area (Å²) in [5.41, 5.74) is 2.47. The van der Waals surface area contributed by atoms with E-state index in [-0.39, 0.29) is 5.92 Å². The summed E-state index contributed by atoms with van der Waals surface area (Å²) < 4.78 is 0. The zero-order valence-electron chi connectivity index (χ0n) is 12.3. The molecule has 1 saturated heterocycles. The second kappa shape index (κ2) is 5.86. The summed E-state index contributed by atoms with van der Waals surface area (Å²) in [6.45, 7) is 3.92. The van der Waals surface area contributed by atoms with Gasteiger partial charge in [0, 0.05) is 24.8 Å². The molecular weight excluding hydrogens is 248 g/mol. The number of fused-ring (bicyclic) bond motifs is 1. The van der Waals surface area contributed by atoms with Gasteiger partial charge < -0.3 is 10.2 Å². The van der Waals surface area contributed by atoms with Gasteiger partial charge in [-0.2, -0.15) is 0 Å². The molecule has 1 N–H and O–H groups in total. The average Bonchev–Trinajstić information content (AvgIpc) is 2.70. The van der Waals surface area contributed by atoms with Crippen LogP contribution < -0.4 is 5.32 Å². The van der Waals surface area contributed by atoms with Crippen molar-refractivity contribution in [2.45, 2.75) is 45.1 Å². The molecule has 0 spiro atoms. The van der Waals surface area contributed by atoms with Gasteiger partial charge in [0.25, 0.3) is 0 Å². The highest BCUT2D eigenvalue weighted by atomic mass is 16.2. The Hall–Kier alpha value is -1.51. The Morgan fingerprint density at radius 3 is 3.00 bits per heavy atom. The number of rotatable bonds is 1. The predicted octanol–water partition coefficient (Wildman–Crippen LogP) is 3.06. The van der Waals surface area contributed by atoms with Crippen molar-refractivity contribution in [1.82, 2.24) is 4.90 Å². The third-order valence-electron chi connectivity index (χ3n) is 4.71. The van der Waals surface area contributed by atoms with E-state index in [0.717, 1.165) is 32.4 Å². The van der Waals surface area contributed by atoms with Gasteiger partial charge in [-0.3, -0.25) is 4.79 Å². The molecule has 0 radical (unpaired) electrons. The van der Waals surface area contributed by atoms with Gasteiger partial charge in [0.05, 0.1) is 5.92 Å². The lowest BCUT2D eigenvalue weighted by Crippen LogP contribution is -2.45. The van der Waals surface area contributed by atoms with Crippen molar-refractivity contribution in [3.05, 3.63) is 29.8 Å². The monoisotopic (exact) mass is 272 g/mol. The summed E-state index contributed by atoms with van der Waals surface area (Å²) in [6.07, 6.45) is 5.72. The lowest BCUT2D eigenvalue weighted by atomic mass is 9.92. The Morgan fingerprint density at radius 1 is 1.25 bits per heavy atom. The summed E-state index contributed by atoms with van der Waals surface area (Å²) in [6, 6.07) is 8.74. The second-order valence-corrected chi connectivity index (χ2v) is 6.17. The number of carbonyl (C=O) groups excluding carboxylic acids is 1. The van der Waals surface area contributed by atoms with E-state index in [9.17, 15) is 4.79 Å². The van der Waals surface area contributed by atoms with Gasteiger partial charge in [0.15, 0.2) is 0 Å². The summed E-state index contributed by atoms with van der Waals surface area (Å²) in [5, 5.41) is 3.42. The van der Waals surface area contributed by atoms with Crippen LogP contribution in [0.2, 0.25) is 0 Å². The number of benzene rings is 1. The molecule has 20 heavy (non-hydrogen) atoms. The van der Waals surface area contributed by atoms with E-state index < -0.39 is 0 Å². The van der Waals surface area contributed by atoms with Gasteiger partial charge in [-0.15, -0.1) is 0 Å². The molecule has 2 heterocycles. The molecule has 108 valence electrons. The number of likely N-dealkylation sites (tertiary alicyclic amines) is 1. The molecule has 2 atom stereocenters. The fourth-order valence-corrected chi connectivity index (χ4v) is 3.45. The van der Waals surface area contributed by atoms with Crippen molar-refractivity contribution < 1.29 is 4.79 Å². The van der Waals surface area contributed by atoms with Crippen LogP contribution in [0.3, 0.4) is 0 Å². The summed E-state index contributed by atoms with van der Waals surface area (Å²) in [5.74, 6) is 0.451. The largest absolute Gasteiger partial charge is 0.384 e. The molecule has 0 saturated carbocycles. The van der Waals surface area contributed by atoms with Gasteiger partial charge in [-0.25, -0.2) is 0 Å². The number of amides is 1. The molecule has 3 heteroatoms. The first kappa shape index (κ1) is 13.5. The third-order valence-corrected chi connectivity index (χ3v) is 4.71. The Bertz CT molecular complexity index is 486. The zero-order valence-corrected chi connectivity index (χ0v) is 12.3. The maximum Gasteiger partial charge on any atom is 0.228 e. The van der Waals surface area contributed by atoms with Crippen LogP contribution in [0, 0.1) is 5.92 Å². The van der Waals surface area contributed by atoms with Crippen LogP contribution >= 0.6 is 0 Å². The van der Waals surface area contributed by atoms with Crippen LogP contribution in [0.1, 0.15) is 38.2 Å². The Kier molecular flexibility index (Phi) is 3.95. The number of para-hydroxylation sites is 1. The predicted molar refractivity (Wildman–Crippen MR) is 81.8 cm³/mol. The quantitative estimate of drug-likeness (QED) is 0.852. The van der Waals surface area contributed by atoms with Gasteiger partial charge in [-0.05, 0) is 37.8 Å². The molecule has 3 rings (SSSR count). The molecule has 1 amide bonds. The van der Waals surface area contributed by atoms with Crippen molar-refractivity contribution in [2.75, 3.05) is 18.4 Å². The van der Waals surface area contributed by atoms with Crippen molar-refractivity contribution in [1.29, 1.82) is 0 Å². The van der Waals surface area contributed by atoms with E-state index in [4.69, 9.17) is 0 Å². The van der Waals surface area contributed by atoms with Gasteiger partial charge in [0.1, 0.15) is 0 Å². The number of hydrogen-bond acceptors (Lipinski definition) is 2. The van der Waals surface area contributed by atoms with Crippen LogP contribution in [0.5, 0.6) is 0 Å². The average molecular weight is 272 g/mol. The third kappa shape index (κ3) is 2.67. The molecule has 1 fully saturated rings. The highest BCUT2D eigenvalue weighted by molar-refractivity contribution is 5.81. The van der Waals surface area contributed by atoms with Crippen LogP contribution in [0.4, 0.5) is 5.69 Å². The smallest absolute Gasteiger partial charge is 0.228 e. The van der Waals surface area contributed by atoms with Crippen LogP contribution in [-0.2, 0) is 11.2 Å². The molecular formula is C17H24N2O. The minimum atomic E-state index is 0.102. The normalized spacial score (nSPS) is 26.4. The second-order valence-electron chi connectivity index (χ2n) is 6.17. The number of nitrogens with one attached hydrogen (secondary N) is 1. The van der Waals surface area contributed by atoms with Gasteiger partial charge >= 0.3 is 0 Å². The van der Waals surface area contributed by atoms with Crippen LogP contribution in [0.15, 0.2) is 24.3 Å². The number of anilines is 1. The van der Waals surface area contributed by atoms with E-state index in [1.165, 1.54) is 24.1 Å². The highest BCUT2D eigenvalue weighted by Crippen LogP contribution is 2.27. The SMILES string of the molecule is CC1CCCCCN1C(=O)C1CNc2ccccc2C1. The summed E-state index contributed by atoms with van der Waals surface area (Å²) in [7, 11) is 0. The maximum absolute atomic E-state index is 12.8. The lowest BCUT2D eigenvalue weighted by Gasteiger charge is -2.33. The summed E-state index contributed by atoms with van der Waals surface area (Å²) >= 11 is 0. The van der Waals surface area contributed by atoms with E-state index >= 15 is 0 Å². The molecule has 1 aromatic carbocycles. The summed E-state index contributed by atoms with van der Waals surface area (Å²) in [4.78, 5) is 14.9. The lowest BCUT2D eigenvalue weighted by molar-refractivity contribution is -0.137. The minimum absolute atomic E-state index is 0.102. The molecule has 0 aromatic heterocycles. The van der Waals surface area contributed by atoms with Crippen molar-refractivity contribution in [3.8, 4) is 0 Å². The Morgan fingerprint density at radius 2 is 2.10 bits per heavy atom. The molecule has 2 unspecified atom stereocenters. The van der Waals surface area contributed by atoms with E-state index in [2.05, 4.69) is 35.3 Å². The molecule has 0 bridgehead atoms. The number of carbonyl (C=O) groups is 1. The molecule has 2 aliphatic rings. The Balaban J connectivity index is 1.72. The molecule has 1 aromatic rings. The fraction of sp³-hybridized carbons (Fsp3) is 0.588. The highest BCUT2D eigenvalue weighted by Gasteiger charge is 2.30. The maximum atomic E-state index is 12.8. The zero-order chi connectivity index (χ0) is 13.9. The van der Waals surface area contributed by atoms with Crippen LogP contribution in [0.25, 0.3) is 0 Å². The topological polar surface area (TPSA) is 32.3 Å². The minimum Gasteiger partial charge on any atom is -0.384 e. The van der Waals surface area contributed by atoms with E-state index in [0.29, 0.717) is 11.9 Å². The van der Waals surface area contributed by atoms with Gasteiger partial charge in [-0.1, -0.05) is 31.0 Å². The van der Waals surface area contributed by atoms with Crippen molar-refractivity contribution in [3.63, 3.8) is 0 Å². The molecule has 0 aliphatic carbocycles. The van der Waals surface area contributed by atoms with E-state index in [1.54, 1.807) is 0 Å². The van der Waals surface area contributed by atoms with Crippen LogP contribution in [-0.4, -0.2) is 29.9 Å². The van der Waals surface area contributed by atoms with E-state index in [1.807, 2.05) is 6.07 Å². The fourth-order valence-electron chi connectivity index (χ4n) is 3.45. The van der Waals surface area contributed by atoms with Crippen molar-refractivity contribution in [2.24, 2.45) is 5.92 Å². The number of nitrogens with zero attached hydrogens (tertiary/aromatic N) is 1. The molecule has 3 nitrogen and oxygen atoms in total. The number of hydrogen-bond donors (Lipinski definition) is 1. The van der Waals surface area contributed by atoms with Gasteiger partial charge in [0.2, 0.25) is 5.91 Å². The Labute approximate surface area is 121 Å². The van der Waals surface area contributed by atoms with Crippen molar-refractivity contribution >= 4 is 11.6 Å². The molecule has 2 aliphatic heterocycles.